The standard InChI is InChI=1S/C20H13BrF3N3/c21-14-5-3-4-12(10-14)19(13-8-9-17(26-11-13)20(22,23)24)16-7-2-1-6-15(16)18(25)27-19/h1-11H,(H2,25,27). The van der Waals surface area contributed by atoms with Crippen LogP contribution in [0.1, 0.15) is 27.9 Å². The molecule has 0 saturated heterocycles. The Hall–Kier alpha value is -2.67. The van der Waals surface area contributed by atoms with Crippen LogP contribution in [0.15, 0.2) is 76.3 Å². The predicted molar refractivity (Wildman–Crippen MR) is 100 cm³/mol. The molecule has 0 aliphatic carbocycles. The Balaban J connectivity index is 2.00. The van der Waals surface area contributed by atoms with Gasteiger partial charge in [0.25, 0.3) is 0 Å². The van der Waals surface area contributed by atoms with E-state index in [4.69, 9.17) is 10.7 Å². The highest BCUT2D eigenvalue weighted by Crippen LogP contribution is 2.46. The highest BCUT2D eigenvalue weighted by atomic mass is 79.9. The monoisotopic (exact) mass is 431 g/mol. The molecule has 136 valence electrons. The van der Waals surface area contributed by atoms with E-state index >= 15 is 0 Å². The van der Waals surface area contributed by atoms with Crippen molar-refractivity contribution in [2.45, 2.75) is 11.7 Å². The fourth-order valence-electron chi connectivity index (χ4n) is 3.42. The molecule has 0 spiro atoms. The molecule has 2 heterocycles. The van der Waals surface area contributed by atoms with Crippen molar-refractivity contribution < 1.29 is 13.2 Å². The van der Waals surface area contributed by atoms with E-state index in [0.717, 1.165) is 27.2 Å². The van der Waals surface area contributed by atoms with Gasteiger partial charge in [-0.1, -0.05) is 58.4 Å². The number of fused-ring (bicyclic) bond motifs is 1. The predicted octanol–water partition coefficient (Wildman–Crippen LogP) is 4.87. The summed E-state index contributed by atoms with van der Waals surface area (Å²) in [6, 6.07) is 17.3. The summed E-state index contributed by atoms with van der Waals surface area (Å²) < 4.78 is 39.7. The summed E-state index contributed by atoms with van der Waals surface area (Å²) in [5.74, 6) is 0.338. The molecule has 2 N–H and O–H groups in total. The zero-order chi connectivity index (χ0) is 19.2. The average molecular weight is 432 g/mol. The van der Waals surface area contributed by atoms with E-state index in [-0.39, 0.29) is 0 Å². The molecule has 0 amide bonds. The summed E-state index contributed by atoms with van der Waals surface area (Å²) in [7, 11) is 0. The van der Waals surface area contributed by atoms with E-state index in [1.807, 2.05) is 48.5 Å². The van der Waals surface area contributed by atoms with E-state index < -0.39 is 17.4 Å². The van der Waals surface area contributed by atoms with Gasteiger partial charge in [-0.3, -0.25) is 4.98 Å². The molecule has 3 nitrogen and oxygen atoms in total. The maximum absolute atomic E-state index is 13.0. The van der Waals surface area contributed by atoms with Crippen LogP contribution in [-0.2, 0) is 11.7 Å². The van der Waals surface area contributed by atoms with Gasteiger partial charge in [-0.05, 0) is 29.3 Å². The van der Waals surface area contributed by atoms with Gasteiger partial charge in [0, 0.05) is 21.8 Å². The van der Waals surface area contributed by atoms with Gasteiger partial charge in [0.15, 0.2) is 0 Å². The maximum Gasteiger partial charge on any atom is 0.433 e. The van der Waals surface area contributed by atoms with Gasteiger partial charge in [-0.15, -0.1) is 0 Å². The number of amidine groups is 1. The summed E-state index contributed by atoms with van der Waals surface area (Å²) in [5, 5.41) is 0. The largest absolute Gasteiger partial charge is 0.433 e. The van der Waals surface area contributed by atoms with E-state index in [9.17, 15) is 13.2 Å². The van der Waals surface area contributed by atoms with Gasteiger partial charge in [0.05, 0.1) is 0 Å². The van der Waals surface area contributed by atoms with Gasteiger partial charge in [0.1, 0.15) is 17.1 Å². The van der Waals surface area contributed by atoms with Gasteiger partial charge in [-0.25, -0.2) is 4.99 Å². The average Bonchev–Trinajstić information content (AvgIpc) is 2.95. The Morgan fingerprint density at radius 1 is 0.926 bits per heavy atom. The lowest BCUT2D eigenvalue weighted by Crippen LogP contribution is -2.26. The smallest absolute Gasteiger partial charge is 0.383 e. The number of hydrogen-bond donors (Lipinski definition) is 1. The number of halogens is 4. The molecule has 0 radical (unpaired) electrons. The van der Waals surface area contributed by atoms with Crippen LogP contribution < -0.4 is 5.73 Å². The first-order chi connectivity index (χ1) is 12.8. The van der Waals surface area contributed by atoms with Crippen molar-refractivity contribution in [1.29, 1.82) is 0 Å². The molecule has 3 aromatic rings. The minimum absolute atomic E-state index is 0.338. The van der Waals surface area contributed by atoms with Crippen LogP contribution in [0, 0.1) is 0 Å². The van der Waals surface area contributed by atoms with Crippen LogP contribution in [-0.4, -0.2) is 10.8 Å². The van der Waals surface area contributed by atoms with Crippen LogP contribution in [0.3, 0.4) is 0 Å². The lowest BCUT2D eigenvalue weighted by molar-refractivity contribution is -0.141. The quantitative estimate of drug-likeness (QED) is 0.628. The second-order valence-electron chi connectivity index (χ2n) is 6.19. The molecule has 1 atom stereocenters. The van der Waals surface area contributed by atoms with Gasteiger partial charge in [-0.2, -0.15) is 13.2 Å². The molecule has 0 bridgehead atoms. The second-order valence-corrected chi connectivity index (χ2v) is 7.11. The summed E-state index contributed by atoms with van der Waals surface area (Å²) in [5.41, 5.74) is 7.04. The highest BCUT2D eigenvalue weighted by Gasteiger charge is 2.43. The van der Waals surface area contributed by atoms with E-state index in [2.05, 4.69) is 20.9 Å². The van der Waals surface area contributed by atoms with Crippen LogP contribution in [0.5, 0.6) is 0 Å². The van der Waals surface area contributed by atoms with Gasteiger partial charge < -0.3 is 5.73 Å². The molecule has 4 rings (SSSR count). The minimum Gasteiger partial charge on any atom is -0.383 e. The zero-order valence-electron chi connectivity index (χ0n) is 13.8. The summed E-state index contributed by atoms with van der Waals surface area (Å²) in [4.78, 5) is 8.35. The highest BCUT2D eigenvalue weighted by molar-refractivity contribution is 9.10. The number of pyridine rings is 1. The topological polar surface area (TPSA) is 51.3 Å². The molecule has 7 heteroatoms. The molecular formula is C20H13BrF3N3. The fourth-order valence-corrected chi connectivity index (χ4v) is 3.82. The third kappa shape index (κ3) is 2.82. The van der Waals surface area contributed by atoms with Crippen molar-refractivity contribution in [2.75, 3.05) is 0 Å². The van der Waals surface area contributed by atoms with Crippen LogP contribution in [0.25, 0.3) is 0 Å². The number of nitrogens with zero attached hydrogens (tertiary/aromatic N) is 2. The number of aliphatic imine (C=N–C) groups is 1. The molecule has 0 saturated carbocycles. The summed E-state index contributed by atoms with van der Waals surface area (Å²) >= 11 is 3.45. The molecular weight excluding hydrogens is 419 g/mol. The Kier molecular flexibility index (Phi) is 4.07. The van der Waals surface area contributed by atoms with Crippen LogP contribution in [0.4, 0.5) is 13.2 Å². The summed E-state index contributed by atoms with van der Waals surface area (Å²) in [6.45, 7) is 0. The van der Waals surface area contributed by atoms with Crippen molar-refractivity contribution in [1.82, 2.24) is 4.98 Å². The SMILES string of the molecule is NC1=NC(c2ccc(C(F)(F)F)nc2)(c2cccc(Br)c2)c2ccccc21. The molecule has 1 unspecified atom stereocenters. The zero-order valence-corrected chi connectivity index (χ0v) is 15.4. The normalized spacial score (nSPS) is 18.9. The molecule has 1 aliphatic rings. The van der Waals surface area contributed by atoms with Crippen molar-refractivity contribution in [3.05, 3.63) is 99.3 Å². The van der Waals surface area contributed by atoms with Crippen molar-refractivity contribution in [2.24, 2.45) is 10.7 Å². The lowest BCUT2D eigenvalue weighted by Gasteiger charge is -2.29. The molecule has 27 heavy (non-hydrogen) atoms. The fraction of sp³-hybridized carbons (Fsp3) is 0.100. The Bertz CT molecular complexity index is 1040. The molecule has 1 aromatic heterocycles. The van der Waals surface area contributed by atoms with E-state index in [0.29, 0.717) is 11.4 Å². The number of rotatable bonds is 2. The number of benzene rings is 2. The lowest BCUT2D eigenvalue weighted by atomic mass is 9.78. The van der Waals surface area contributed by atoms with Gasteiger partial charge >= 0.3 is 6.18 Å². The third-order valence-electron chi connectivity index (χ3n) is 4.60. The first-order valence-corrected chi connectivity index (χ1v) is 8.86. The number of nitrogens with two attached hydrogens (primary N) is 1. The first kappa shape index (κ1) is 17.7. The van der Waals surface area contributed by atoms with Crippen molar-refractivity contribution in [3.8, 4) is 0 Å². The Morgan fingerprint density at radius 3 is 2.37 bits per heavy atom. The number of aromatic nitrogens is 1. The minimum atomic E-state index is -4.50. The number of alkyl halides is 3. The number of hydrogen-bond acceptors (Lipinski definition) is 3. The molecule has 1 aliphatic heterocycles. The second kappa shape index (κ2) is 6.20. The first-order valence-electron chi connectivity index (χ1n) is 8.07. The molecule has 0 fully saturated rings. The van der Waals surface area contributed by atoms with E-state index in [1.54, 1.807) is 0 Å². The van der Waals surface area contributed by atoms with Crippen molar-refractivity contribution >= 4 is 21.8 Å². The van der Waals surface area contributed by atoms with Crippen LogP contribution >= 0.6 is 15.9 Å². The third-order valence-corrected chi connectivity index (χ3v) is 5.09. The van der Waals surface area contributed by atoms with Gasteiger partial charge in [0.2, 0.25) is 0 Å². The Labute approximate surface area is 161 Å². The van der Waals surface area contributed by atoms with E-state index in [1.165, 1.54) is 12.3 Å². The summed E-state index contributed by atoms with van der Waals surface area (Å²) in [6.07, 6.45) is -3.28. The Morgan fingerprint density at radius 2 is 1.70 bits per heavy atom. The van der Waals surface area contributed by atoms with Crippen molar-refractivity contribution in [3.63, 3.8) is 0 Å². The molecule has 2 aromatic carbocycles. The maximum atomic E-state index is 13.0. The van der Waals surface area contributed by atoms with Crippen LogP contribution in [0.2, 0.25) is 0 Å².